The van der Waals surface area contributed by atoms with Crippen molar-refractivity contribution in [2.45, 2.75) is 40.0 Å². The molecule has 1 nitrogen and oxygen atoms in total. The topological polar surface area (TPSA) is 17.1 Å². The van der Waals surface area contributed by atoms with Crippen molar-refractivity contribution in [1.29, 1.82) is 0 Å². The van der Waals surface area contributed by atoms with Gasteiger partial charge in [-0.3, -0.25) is 4.79 Å². The van der Waals surface area contributed by atoms with Crippen LogP contribution in [0.25, 0.3) is 0 Å². The number of ketones is 1. The zero-order valence-corrected chi connectivity index (χ0v) is 8.76. The van der Waals surface area contributed by atoms with Crippen LogP contribution in [-0.4, -0.2) is 5.78 Å². The van der Waals surface area contributed by atoms with Crippen LogP contribution in [0, 0.1) is 17.3 Å². The van der Waals surface area contributed by atoms with Crippen molar-refractivity contribution in [2.24, 2.45) is 17.3 Å². The van der Waals surface area contributed by atoms with E-state index in [0.29, 0.717) is 17.1 Å². The minimum atomic E-state index is 0.262. The van der Waals surface area contributed by atoms with Gasteiger partial charge < -0.3 is 0 Å². The third-order valence-electron chi connectivity index (χ3n) is 4.03. The third kappa shape index (κ3) is 1.17. The van der Waals surface area contributed by atoms with Gasteiger partial charge in [-0.2, -0.15) is 0 Å². The number of carbonyl (C=O) groups excluding carboxylic acids is 1. The van der Waals surface area contributed by atoms with E-state index in [-0.39, 0.29) is 5.92 Å². The van der Waals surface area contributed by atoms with Gasteiger partial charge in [0, 0.05) is 5.92 Å². The van der Waals surface area contributed by atoms with Crippen molar-refractivity contribution < 1.29 is 4.79 Å². The molecular weight excluding hydrogens is 160 g/mol. The van der Waals surface area contributed by atoms with Crippen molar-refractivity contribution >= 4 is 5.78 Å². The first-order valence-electron chi connectivity index (χ1n) is 5.28. The van der Waals surface area contributed by atoms with Gasteiger partial charge in [0.2, 0.25) is 0 Å². The molecule has 1 saturated carbocycles. The standard InChI is InChI=1S/C12H18O/c1-8-7-12(3)6-4-5-10(12)9(2)11(8)13/h7,9-10H,4-6H2,1-3H3. The maximum atomic E-state index is 11.7. The van der Waals surface area contributed by atoms with Crippen LogP contribution in [0.5, 0.6) is 0 Å². The van der Waals surface area contributed by atoms with E-state index in [2.05, 4.69) is 19.9 Å². The Morgan fingerprint density at radius 2 is 2.23 bits per heavy atom. The molecular formula is C12H18O. The van der Waals surface area contributed by atoms with Crippen molar-refractivity contribution in [3.8, 4) is 0 Å². The summed E-state index contributed by atoms with van der Waals surface area (Å²) in [5.41, 5.74) is 1.32. The van der Waals surface area contributed by atoms with E-state index in [4.69, 9.17) is 0 Å². The van der Waals surface area contributed by atoms with Gasteiger partial charge in [-0.05, 0) is 36.7 Å². The lowest BCUT2D eigenvalue weighted by Crippen LogP contribution is -2.35. The lowest BCUT2D eigenvalue weighted by molar-refractivity contribution is -0.122. The summed E-state index contributed by atoms with van der Waals surface area (Å²) in [7, 11) is 0. The fourth-order valence-electron chi connectivity index (χ4n) is 3.33. The van der Waals surface area contributed by atoms with Crippen LogP contribution in [0.2, 0.25) is 0 Å². The number of carbonyl (C=O) groups is 1. The molecule has 0 aromatic rings. The Balaban J connectivity index is 2.42. The van der Waals surface area contributed by atoms with Crippen LogP contribution >= 0.6 is 0 Å². The van der Waals surface area contributed by atoms with Gasteiger partial charge in [-0.15, -0.1) is 0 Å². The molecule has 0 amide bonds. The molecule has 13 heavy (non-hydrogen) atoms. The molecule has 0 saturated heterocycles. The van der Waals surface area contributed by atoms with Gasteiger partial charge >= 0.3 is 0 Å². The number of fused-ring (bicyclic) bond motifs is 1. The predicted octanol–water partition coefficient (Wildman–Crippen LogP) is 2.96. The minimum absolute atomic E-state index is 0.262. The maximum absolute atomic E-state index is 11.7. The van der Waals surface area contributed by atoms with Crippen molar-refractivity contribution in [1.82, 2.24) is 0 Å². The largest absolute Gasteiger partial charge is 0.294 e. The lowest BCUT2D eigenvalue weighted by atomic mass is 9.66. The van der Waals surface area contributed by atoms with E-state index in [9.17, 15) is 4.79 Å². The third-order valence-corrected chi connectivity index (χ3v) is 4.03. The summed E-state index contributed by atoms with van der Waals surface area (Å²) >= 11 is 0. The number of hydrogen-bond acceptors (Lipinski definition) is 1. The Bertz CT molecular complexity index is 277. The number of Topliss-reactive ketones (excluding diaryl/α,β-unsaturated/α-hetero) is 1. The van der Waals surface area contributed by atoms with Gasteiger partial charge in [-0.1, -0.05) is 26.3 Å². The molecule has 0 aromatic carbocycles. The molecule has 1 fully saturated rings. The lowest BCUT2D eigenvalue weighted by Gasteiger charge is -2.37. The summed E-state index contributed by atoms with van der Waals surface area (Å²) in [4.78, 5) is 11.7. The van der Waals surface area contributed by atoms with Crippen LogP contribution in [0.3, 0.4) is 0 Å². The monoisotopic (exact) mass is 178 g/mol. The molecule has 2 rings (SSSR count). The van der Waals surface area contributed by atoms with Gasteiger partial charge in [0.15, 0.2) is 5.78 Å². The highest BCUT2D eigenvalue weighted by Gasteiger charge is 2.45. The summed E-state index contributed by atoms with van der Waals surface area (Å²) in [5.74, 6) is 1.26. The van der Waals surface area contributed by atoms with E-state index in [1.807, 2.05) is 6.92 Å². The fourth-order valence-corrected chi connectivity index (χ4v) is 3.33. The summed E-state index contributed by atoms with van der Waals surface area (Å²) in [6, 6.07) is 0. The molecule has 0 spiro atoms. The Labute approximate surface area is 80.2 Å². The Hall–Kier alpha value is -0.590. The summed E-state index contributed by atoms with van der Waals surface area (Å²) in [6.45, 7) is 6.39. The molecule has 0 aliphatic heterocycles. The van der Waals surface area contributed by atoms with E-state index in [1.165, 1.54) is 19.3 Å². The highest BCUT2D eigenvalue weighted by Crippen LogP contribution is 2.51. The quantitative estimate of drug-likeness (QED) is 0.557. The highest BCUT2D eigenvalue weighted by molar-refractivity contribution is 5.97. The Kier molecular flexibility index (Phi) is 1.86. The zero-order valence-electron chi connectivity index (χ0n) is 8.76. The maximum Gasteiger partial charge on any atom is 0.161 e. The summed E-state index contributed by atoms with van der Waals surface area (Å²) < 4.78 is 0. The number of allylic oxidation sites excluding steroid dienone is 2. The van der Waals surface area contributed by atoms with Gasteiger partial charge in [0.05, 0.1) is 0 Å². The van der Waals surface area contributed by atoms with E-state index in [0.717, 1.165) is 5.57 Å². The Morgan fingerprint density at radius 3 is 2.92 bits per heavy atom. The molecule has 3 unspecified atom stereocenters. The highest BCUT2D eigenvalue weighted by atomic mass is 16.1. The molecule has 0 aromatic heterocycles. The van der Waals surface area contributed by atoms with Crippen LogP contribution in [0.4, 0.5) is 0 Å². The molecule has 3 atom stereocenters. The van der Waals surface area contributed by atoms with Crippen LogP contribution < -0.4 is 0 Å². The first kappa shape index (κ1) is 8.98. The average Bonchev–Trinajstić information content (AvgIpc) is 2.43. The Morgan fingerprint density at radius 1 is 1.54 bits per heavy atom. The van der Waals surface area contributed by atoms with Crippen molar-refractivity contribution in [3.63, 3.8) is 0 Å². The van der Waals surface area contributed by atoms with Crippen molar-refractivity contribution in [3.05, 3.63) is 11.6 Å². The van der Waals surface area contributed by atoms with Crippen LogP contribution in [-0.2, 0) is 4.79 Å². The first-order chi connectivity index (χ1) is 6.04. The molecule has 72 valence electrons. The summed E-state index contributed by atoms with van der Waals surface area (Å²) in [6.07, 6.45) is 6.04. The average molecular weight is 178 g/mol. The van der Waals surface area contributed by atoms with Gasteiger partial charge in [-0.25, -0.2) is 0 Å². The van der Waals surface area contributed by atoms with Gasteiger partial charge in [0.1, 0.15) is 0 Å². The second-order valence-corrected chi connectivity index (χ2v) is 4.98. The van der Waals surface area contributed by atoms with Gasteiger partial charge in [0.25, 0.3) is 0 Å². The SMILES string of the molecule is CC1=CC2(C)CCCC2C(C)C1=O. The second kappa shape index (κ2) is 2.70. The van der Waals surface area contributed by atoms with E-state index in [1.54, 1.807) is 0 Å². The molecule has 2 aliphatic rings. The minimum Gasteiger partial charge on any atom is -0.294 e. The zero-order chi connectivity index (χ0) is 9.64. The summed E-state index contributed by atoms with van der Waals surface area (Å²) in [5, 5.41) is 0. The normalized spacial score (nSPS) is 44.5. The fraction of sp³-hybridized carbons (Fsp3) is 0.750. The molecule has 1 heteroatoms. The molecule has 0 radical (unpaired) electrons. The first-order valence-corrected chi connectivity index (χ1v) is 5.28. The van der Waals surface area contributed by atoms with Crippen LogP contribution in [0.1, 0.15) is 40.0 Å². The molecule has 0 heterocycles. The molecule has 0 N–H and O–H groups in total. The second-order valence-electron chi connectivity index (χ2n) is 4.98. The smallest absolute Gasteiger partial charge is 0.161 e. The number of rotatable bonds is 0. The molecule has 2 aliphatic carbocycles. The molecule has 0 bridgehead atoms. The predicted molar refractivity (Wildman–Crippen MR) is 53.4 cm³/mol. The van der Waals surface area contributed by atoms with Crippen molar-refractivity contribution in [2.75, 3.05) is 0 Å². The van der Waals surface area contributed by atoms with Crippen LogP contribution in [0.15, 0.2) is 11.6 Å². The van der Waals surface area contributed by atoms with E-state index < -0.39 is 0 Å². The number of hydrogen-bond donors (Lipinski definition) is 0. The van der Waals surface area contributed by atoms with E-state index >= 15 is 0 Å².